The topological polar surface area (TPSA) is 88.1 Å². The van der Waals surface area contributed by atoms with E-state index in [0.717, 1.165) is 12.8 Å². The fraction of sp³-hybridized carbons (Fsp3) is 0.900. The number of esters is 1. The van der Waals surface area contributed by atoms with E-state index in [-0.39, 0.29) is 49.0 Å². The van der Waals surface area contributed by atoms with E-state index in [1.807, 2.05) is 6.92 Å². The molecular formula is C20H41O7PSi. The van der Waals surface area contributed by atoms with Gasteiger partial charge < -0.3 is 18.2 Å². The van der Waals surface area contributed by atoms with E-state index < -0.39 is 22.0 Å². The summed E-state index contributed by atoms with van der Waals surface area (Å²) in [6.07, 6.45) is 0.755. The lowest BCUT2D eigenvalue weighted by Gasteiger charge is -2.39. The maximum absolute atomic E-state index is 12.7. The van der Waals surface area contributed by atoms with Crippen molar-refractivity contribution in [3.05, 3.63) is 0 Å². The van der Waals surface area contributed by atoms with Gasteiger partial charge in [0.2, 0.25) is 0 Å². The molecule has 0 N–H and O–H groups in total. The second-order valence-electron chi connectivity index (χ2n) is 8.63. The van der Waals surface area contributed by atoms with Crippen LogP contribution in [0.15, 0.2) is 0 Å². The smallest absolute Gasteiger partial charge is 0.338 e. The van der Waals surface area contributed by atoms with Crippen molar-refractivity contribution in [3.8, 4) is 0 Å². The number of hydrogen-bond acceptors (Lipinski definition) is 7. The molecule has 29 heavy (non-hydrogen) atoms. The Labute approximate surface area is 177 Å². The molecule has 0 aliphatic heterocycles. The first-order valence-corrected chi connectivity index (χ1v) is 15.2. The molecule has 0 amide bonds. The second kappa shape index (κ2) is 13.0. The van der Waals surface area contributed by atoms with E-state index in [2.05, 4.69) is 33.9 Å². The molecule has 0 aromatic heterocycles. The van der Waals surface area contributed by atoms with Gasteiger partial charge in [-0.3, -0.25) is 14.2 Å². The Morgan fingerprint density at radius 2 is 1.55 bits per heavy atom. The van der Waals surface area contributed by atoms with Crippen LogP contribution in [0.25, 0.3) is 0 Å². The molecule has 172 valence electrons. The van der Waals surface area contributed by atoms with Crippen molar-refractivity contribution in [2.45, 2.75) is 91.5 Å². The van der Waals surface area contributed by atoms with Crippen molar-refractivity contribution >= 4 is 27.7 Å². The van der Waals surface area contributed by atoms with Crippen molar-refractivity contribution in [1.82, 2.24) is 0 Å². The largest absolute Gasteiger partial charge is 0.466 e. The first kappa shape index (κ1) is 28.5. The Balaban J connectivity index is 5.24. The van der Waals surface area contributed by atoms with E-state index >= 15 is 0 Å². The Kier molecular flexibility index (Phi) is 12.8. The molecule has 0 saturated carbocycles. The van der Waals surface area contributed by atoms with Gasteiger partial charge in [0.05, 0.1) is 32.3 Å². The quantitative estimate of drug-likeness (QED) is 0.143. The third kappa shape index (κ3) is 11.4. The normalized spacial score (nSPS) is 13.9. The lowest BCUT2D eigenvalue weighted by Crippen LogP contribution is -2.45. The fourth-order valence-electron chi connectivity index (χ4n) is 2.38. The van der Waals surface area contributed by atoms with Crippen LogP contribution in [-0.4, -0.2) is 52.2 Å². The molecular weight excluding hydrogens is 411 g/mol. The van der Waals surface area contributed by atoms with Gasteiger partial charge in [0.15, 0.2) is 8.32 Å². The Morgan fingerprint density at radius 1 is 1.00 bits per heavy atom. The van der Waals surface area contributed by atoms with E-state index in [9.17, 15) is 14.2 Å². The van der Waals surface area contributed by atoms with Gasteiger partial charge >= 0.3 is 13.6 Å². The fourth-order valence-corrected chi connectivity index (χ4v) is 5.34. The predicted molar refractivity (Wildman–Crippen MR) is 118 cm³/mol. The summed E-state index contributed by atoms with van der Waals surface area (Å²) in [5, 5.41) is -0.0770. The van der Waals surface area contributed by atoms with E-state index in [4.69, 9.17) is 18.2 Å². The zero-order valence-corrected chi connectivity index (χ0v) is 21.4. The van der Waals surface area contributed by atoms with Crippen LogP contribution in [0.5, 0.6) is 0 Å². The van der Waals surface area contributed by atoms with E-state index in [1.54, 1.807) is 13.8 Å². The molecule has 0 bridgehead atoms. The van der Waals surface area contributed by atoms with Crippen molar-refractivity contribution in [1.29, 1.82) is 0 Å². The Bertz CT molecular complexity index is 548. The third-order valence-corrected chi connectivity index (χ3v) is 11.5. The van der Waals surface area contributed by atoms with E-state index in [0.29, 0.717) is 6.61 Å². The number of carbonyl (C=O) groups excluding carboxylic acids is 2. The molecule has 0 radical (unpaired) electrons. The average Bonchev–Trinajstić information content (AvgIpc) is 2.53. The van der Waals surface area contributed by atoms with Crippen molar-refractivity contribution < 1.29 is 32.4 Å². The lowest BCUT2D eigenvalue weighted by molar-refractivity contribution is -0.145. The minimum absolute atomic E-state index is 0.00443. The Morgan fingerprint density at radius 3 is 2.00 bits per heavy atom. The van der Waals surface area contributed by atoms with Crippen molar-refractivity contribution in [3.63, 3.8) is 0 Å². The molecule has 0 aromatic rings. The van der Waals surface area contributed by atoms with Crippen LogP contribution in [0.3, 0.4) is 0 Å². The van der Waals surface area contributed by atoms with Gasteiger partial charge in [0.1, 0.15) is 11.9 Å². The summed E-state index contributed by atoms with van der Waals surface area (Å²) in [4.78, 5) is 24.9. The van der Waals surface area contributed by atoms with Crippen LogP contribution in [0.1, 0.15) is 67.2 Å². The van der Waals surface area contributed by atoms with Crippen LogP contribution in [0.2, 0.25) is 18.1 Å². The summed E-state index contributed by atoms with van der Waals surface area (Å²) >= 11 is 0. The van der Waals surface area contributed by atoms with Gasteiger partial charge in [-0.1, -0.05) is 34.1 Å². The number of carbonyl (C=O) groups is 2. The highest BCUT2D eigenvalue weighted by Crippen LogP contribution is 2.48. The molecule has 1 atom stereocenters. The Hall–Kier alpha value is -0.533. The van der Waals surface area contributed by atoms with Gasteiger partial charge in [0, 0.05) is 6.42 Å². The van der Waals surface area contributed by atoms with Gasteiger partial charge in [-0.25, -0.2) is 0 Å². The summed E-state index contributed by atoms with van der Waals surface area (Å²) in [7, 11) is -5.70. The van der Waals surface area contributed by atoms with Gasteiger partial charge in [-0.2, -0.15) is 0 Å². The average molecular weight is 453 g/mol. The summed E-state index contributed by atoms with van der Waals surface area (Å²) in [6, 6.07) is 0. The van der Waals surface area contributed by atoms with Crippen molar-refractivity contribution in [2.24, 2.45) is 0 Å². The first-order valence-electron chi connectivity index (χ1n) is 10.5. The third-order valence-electron chi connectivity index (χ3n) is 4.90. The highest BCUT2D eigenvalue weighted by atomic mass is 31.2. The summed E-state index contributed by atoms with van der Waals surface area (Å²) < 4.78 is 34.7. The molecule has 0 fully saturated rings. The number of ketones is 1. The van der Waals surface area contributed by atoms with Gasteiger partial charge in [0.25, 0.3) is 0 Å². The highest BCUT2D eigenvalue weighted by molar-refractivity contribution is 7.54. The highest BCUT2D eigenvalue weighted by Gasteiger charge is 2.40. The van der Waals surface area contributed by atoms with Crippen LogP contribution >= 0.6 is 7.60 Å². The molecule has 0 aliphatic rings. The standard InChI is InChI=1S/C20H41O7PSi/c1-9-12-13-24-19(22)15-18(27-29(7,8)20(4,5)6)14-17(21)16-28(23,25-10-2)26-11-3/h18H,9-16H2,1-8H3/t18-/m0/s1. The van der Waals surface area contributed by atoms with Crippen molar-refractivity contribution in [2.75, 3.05) is 26.0 Å². The summed E-state index contributed by atoms with van der Waals surface area (Å²) in [6.45, 7) is 16.6. The molecule has 0 saturated heterocycles. The molecule has 0 aromatic carbocycles. The molecule has 0 spiro atoms. The molecule has 0 aliphatic carbocycles. The second-order valence-corrected chi connectivity index (χ2v) is 15.4. The maximum atomic E-state index is 12.7. The number of hydrogen-bond donors (Lipinski definition) is 0. The molecule has 0 rings (SSSR count). The minimum Gasteiger partial charge on any atom is -0.466 e. The van der Waals surface area contributed by atoms with Gasteiger partial charge in [-0.15, -0.1) is 0 Å². The molecule has 0 unspecified atom stereocenters. The van der Waals surface area contributed by atoms with Gasteiger partial charge in [-0.05, 0) is 38.4 Å². The predicted octanol–water partition coefficient (Wildman–Crippen LogP) is 5.34. The zero-order chi connectivity index (χ0) is 22.7. The monoisotopic (exact) mass is 452 g/mol. The van der Waals surface area contributed by atoms with Crippen LogP contribution in [0.4, 0.5) is 0 Å². The van der Waals surface area contributed by atoms with E-state index in [1.165, 1.54) is 0 Å². The minimum atomic E-state index is -3.48. The molecule has 7 nitrogen and oxygen atoms in total. The number of rotatable bonds is 15. The number of ether oxygens (including phenoxy) is 1. The van der Waals surface area contributed by atoms with Crippen LogP contribution in [0, 0.1) is 0 Å². The molecule has 0 heterocycles. The lowest BCUT2D eigenvalue weighted by atomic mass is 10.1. The summed E-state index contributed by atoms with van der Waals surface area (Å²) in [5.74, 6) is -0.687. The molecule has 9 heteroatoms. The number of unbranched alkanes of at least 4 members (excludes halogenated alkanes) is 1. The van der Waals surface area contributed by atoms with Crippen LogP contribution < -0.4 is 0 Å². The number of Topliss-reactive ketones (excluding diaryl/α,β-unsaturated/α-hetero) is 1. The van der Waals surface area contributed by atoms with Crippen LogP contribution in [-0.2, 0) is 32.4 Å². The summed E-state index contributed by atoms with van der Waals surface area (Å²) in [5.41, 5.74) is 0. The zero-order valence-electron chi connectivity index (χ0n) is 19.5. The maximum Gasteiger partial charge on any atom is 0.338 e. The SMILES string of the molecule is CCCCOC(=O)C[C@H](CC(=O)CP(=O)(OCC)OCC)O[Si](C)(C)C(C)(C)C. The first-order chi connectivity index (χ1) is 13.3.